The lowest BCUT2D eigenvalue weighted by Crippen LogP contribution is -2.51. The van der Waals surface area contributed by atoms with E-state index in [0.29, 0.717) is 30.1 Å². The second-order valence-electron chi connectivity index (χ2n) is 10.1. The van der Waals surface area contributed by atoms with Gasteiger partial charge in [0.1, 0.15) is 12.2 Å². The van der Waals surface area contributed by atoms with Gasteiger partial charge in [-0.25, -0.2) is 4.79 Å². The maximum atomic E-state index is 12.7. The molecule has 0 saturated heterocycles. The molecular formula is C29H44N3O4S+. The molecule has 0 radical (unpaired) electrons. The zero-order chi connectivity index (χ0) is 26.3. The molecule has 2 aromatic rings. The molecule has 0 bridgehead atoms. The molecule has 37 heavy (non-hydrogen) atoms. The molecule has 0 fully saturated rings. The van der Waals surface area contributed by atoms with Gasteiger partial charge in [-0.3, -0.25) is 4.48 Å². The quantitative estimate of drug-likeness (QED) is 0.127. The molecule has 0 N–H and O–H groups in total. The fourth-order valence-corrected chi connectivity index (χ4v) is 5.30. The van der Waals surface area contributed by atoms with E-state index >= 15 is 0 Å². The molecule has 1 aliphatic heterocycles. The topological polar surface area (TPSA) is 70.5 Å². The van der Waals surface area contributed by atoms with E-state index in [4.69, 9.17) is 14.2 Å². The number of carbonyl (C=O) groups excluding carboxylic acids is 1. The average Bonchev–Trinajstić information content (AvgIpc) is 3.38. The van der Waals surface area contributed by atoms with Crippen molar-refractivity contribution in [3.05, 3.63) is 47.7 Å². The average molecular weight is 531 g/mol. The molecule has 2 heterocycles. The first-order valence-corrected chi connectivity index (χ1v) is 14.7. The molecule has 7 nitrogen and oxygen atoms in total. The Balaban J connectivity index is 1.67. The van der Waals surface area contributed by atoms with Gasteiger partial charge in [-0.15, -0.1) is 4.37 Å². The van der Waals surface area contributed by atoms with Crippen LogP contribution in [0.15, 0.2) is 36.4 Å². The first kappa shape index (κ1) is 29.1. The van der Waals surface area contributed by atoms with E-state index in [0.717, 1.165) is 55.5 Å². The number of aromatic nitrogens is 2. The Labute approximate surface area is 226 Å². The summed E-state index contributed by atoms with van der Waals surface area (Å²) in [4.78, 5) is 12.7. The number of likely N-dealkylation sites (N-methyl/N-ethyl adjacent to an activating group) is 1. The molecule has 2 unspecified atom stereocenters. The van der Waals surface area contributed by atoms with Crippen LogP contribution in [0.4, 0.5) is 4.79 Å². The highest BCUT2D eigenvalue weighted by Gasteiger charge is 2.41. The van der Waals surface area contributed by atoms with E-state index in [9.17, 15) is 4.79 Å². The lowest BCUT2D eigenvalue weighted by atomic mass is 10.0. The van der Waals surface area contributed by atoms with Crippen molar-refractivity contribution in [3.63, 3.8) is 0 Å². The Morgan fingerprint density at radius 1 is 0.973 bits per heavy atom. The van der Waals surface area contributed by atoms with Gasteiger partial charge in [-0.05, 0) is 25.0 Å². The number of nitrogens with zero attached hydrogens (tertiary/aromatic N) is 3. The van der Waals surface area contributed by atoms with E-state index in [1.54, 1.807) is 0 Å². The molecule has 1 aromatic heterocycles. The van der Waals surface area contributed by atoms with Crippen molar-refractivity contribution in [2.45, 2.75) is 84.3 Å². The van der Waals surface area contributed by atoms with E-state index in [1.165, 1.54) is 43.8 Å². The molecule has 0 aliphatic carbocycles. The smallest absolute Gasteiger partial charge is 0.475 e. The van der Waals surface area contributed by atoms with Gasteiger partial charge >= 0.3 is 6.16 Å². The van der Waals surface area contributed by atoms with Crippen molar-refractivity contribution in [1.82, 2.24) is 8.75 Å². The lowest BCUT2D eigenvalue weighted by molar-refractivity contribution is -0.953. The van der Waals surface area contributed by atoms with Gasteiger partial charge in [0.25, 0.3) is 12.1 Å². The van der Waals surface area contributed by atoms with Gasteiger partial charge in [-0.1, -0.05) is 83.1 Å². The van der Waals surface area contributed by atoms with Crippen molar-refractivity contribution in [3.8, 4) is 5.88 Å². The van der Waals surface area contributed by atoms with E-state index in [-0.39, 0.29) is 0 Å². The molecule has 2 atom stereocenters. The molecule has 8 heteroatoms. The molecule has 1 aliphatic rings. The van der Waals surface area contributed by atoms with Gasteiger partial charge in [0.15, 0.2) is 0 Å². The minimum atomic E-state index is -0.605. The number of hydrogen-bond acceptors (Lipinski definition) is 7. The van der Waals surface area contributed by atoms with Crippen LogP contribution >= 0.6 is 11.7 Å². The fraction of sp³-hybridized carbons (Fsp3) is 0.621. The Morgan fingerprint density at radius 2 is 1.68 bits per heavy atom. The first-order valence-electron chi connectivity index (χ1n) is 13.9. The Hall–Kier alpha value is -2.45. The van der Waals surface area contributed by atoms with Crippen LogP contribution in [0.1, 0.15) is 95.5 Å². The highest BCUT2D eigenvalue weighted by molar-refractivity contribution is 6.99. The predicted octanol–water partition coefficient (Wildman–Crippen LogP) is 7.55. The molecular weight excluding hydrogens is 486 g/mol. The summed E-state index contributed by atoms with van der Waals surface area (Å²) in [5.74, 6) is 0.612. The van der Waals surface area contributed by atoms with Crippen LogP contribution in [0.5, 0.6) is 5.88 Å². The maximum absolute atomic E-state index is 12.7. The molecule has 0 amide bonds. The third-order valence-electron chi connectivity index (χ3n) is 6.89. The van der Waals surface area contributed by atoms with Crippen LogP contribution in [-0.4, -0.2) is 52.7 Å². The predicted molar refractivity (Wildman–Crippen MR) is 148 cm³/mol. The molecule has 0 spiro atoms. The van der Waals surface area contributed by atoms with Crippen molar-refractivity contribution in [2.24, 2.45) is 0 Å². The van der Waals surface area contributed by atoms with Crippen LogP contribution < -0.4 is 4.74 Å². The molecule has 1 aromatic carbocycles. The van der Waals surface area contributed by atoms with Crippen LogP contribution in [0.25, 0.3) is 5.57 Å². The highest BCUT2D eigenvalue weighted by Crippen LogP contribution is 2.37. The van der Waals surface area contributed by atoms with Crippen molar-refractivity contribution < 1.29 is 23.5 Å². The van der Waals surface area contributed by atoms with Gasteiger partial charge in [0, 0.05) is 12.0 Å². The maximum Gasteiger partial charge on any atom is 0.513 e. The number of benzene rings is 1. The molecule has 3 rings (SSSR count). The van der Waals surface area contributed by atoms with Crippen LogP contribution in [-0.2, 0) is 9.47 Å². The standard InChI is InChI=1S/C29H44N3O4S/c1-4-6-8-10-15-22-35-29(33)36-28(24-17-12-11-13-18-24)32(3)20-16-19-25(23-32)26-27(31-37-30-26)34-21-14-9-7-5-2/h11-13,17-19,28H,4-10,14-16,20-23H2,1-3H3/q+1. The minimum Gasteiger partial charge on any atom is -0.475 e. The number of hydrogen-bond donors (Lipinski definition) is 0. The second-order valence-corrected chi connectivity index (χ2v) is 10.6. The van der Waals surface area contributed by atoms with E-state index in [2.05, 4.69) is 35.7 Å². The summed E-state index contributed by atoms with van der Waals surface area (Å²) in [5, 5.41) is 0. The largest absolute Gasteiger partial charge is 0.513 e. The highest BCUT2D eigenvalue weighted by atomic mass is 32.1. The summed E-state index contributed by atoms with van der Waals surface area (Å²) in [6.07, 6.45) is 12.1. The number of rotatable bonds is 16. The Morgan fingerprint density at radius 3 is 2.43 bits per heavy atom. The number of quaternary nitrogens is 1. The molecule has 0 saturated carbocycles. The summed E-state index contributed by atoms with van der Waals surface area (Å²) in [5.41, 5.74) is 2.85. The Kier molecular flexibility index (Phi) is 12.4. The van der Waals surface area contributed by atoms with Crippen molar-refractivity contribution in [1.29, 1.82) is 0 Å². The number of unbranched alkanes of at least 4 members (excludes halogenated alkanes) is 7. The van der Waals surface area contributed by atoms with E-state index < -0.39 is 12.4 Å². The van der Waals surface area contributed by atoms with Gasteiger partial charge in [-0.2, -0.15) is 4.37 Å². The third-order valence-corrected chi connectivity index (χ3v) is 7.40. The van der Waals surface area contributed by atoms with Gasteiger partial charge < -0.3 is 14.2 Å². The monoisotopic (exact) mass is 530 g/mol. The van der Waals surface area contributed by atoms with Crippen LogP contribution in [0.2, 0.25) is 0 Å². The summed E-state index contributed by atoms with van der Waals surface area (Å²) in [7, 11) is 2.13. The SMILES string of the molecule is CCCCCCCOC(=O)OC(c1ccccc1)[N+]1(C)CCC=C(c2nsnc2OCCCCCC)C1. The van der Waals surface area contributed by atoms with Crippen LogP contribution in [0, 0.1) is 0 Å². The van der Waals surface area contributed by atoms with Crippen molar-refractivity contribution >= 4 is 23.5 Å². The van der Waals surface area contributed by atoms with E-state index in [1.807, 2.05) is 30.3 Å². The normalized spacial score (nSPS) is 18.2. The Bertz CT molecular complexity index is 965. The zero-order valence-corrected chi connectivity index (χ0v) is 23.6. The number of ether oxygens (including phenoxy) is 3. The number of carbonyl (C=O) groups is 1. The summed E-state index contributed by atoms with van der Waals surface area (Å²) < 4.78 is 27.0. The fourth-order valence-electron chi connectivity index (χ4n) is 4.77. The lowest BCUT2D eigenvalue weighted by Gasteiger charge is -2.42. The zero-order valence-electron chi connectivity index (χ0n) is 22.8. The summed E-state index contributed by atoms with van der Waals surface area (Å²) in [6, 6.07) is 9.96. The summed E-state index contributed by atoms with van der Waals surface area (Å²) >= 11 is 1.18. The van der Waals surface area contributed by atoms with Crippen molar-refractivity contribution in [2.75, 3.05) is 33.4 Å². The summed E-state index contributed by atoms with van der Waals surface area (Å²) in [6.45, 7) is 6.92. The first-order chi connectivity index (χ1) is 18.1. The second kappa shape index (κ2) is 15.7. The van der Waals surface area contributed by atoms with Gasteiger partial charge in [0.2, 0.25) is 0 Å². The van der Waals surface area contributed by atoms with Crippen LogP contribution in [0.3, 0.4) is 0 Å². The van der Waals surface area contributed by atoms with Gasteiger partial charge in [0.05, 0.1) is 44.1 Å². The third kappa shape index (κ3) is 9.11. The minimum absolute atomic E-state index is 0.391. The molecule has 204 valence electrons.